The zero-order valence-corrected chi connectivity index (χ0v) is 14.3. The Morgan fingerprint density at radius 1 is 1.45 bits per heavy atom. The number of fused-ring (bicyclic) bond motifs is 1. The van der Waals surface area contributed by atoms with Gasteiger partial charge in [0.2, 0.25) is 5.91 Å². The fourth-order valence-corrected chi connectivity index (χ4v) is 4.26. The topological polar surface area (TPSA) is 49.3 Å². The number of amides is 1. The molecular formula is C13H15IN4OS. The number of piperazine rings is 1. The van der Waals surface area contributed by atoms with Crippen LogP contribution in [-0.2, 0) is 4.79 Å². The first-order chi connectivity index (χ1) is 9.61. The summed E-state index contributed by atoms with van der Waals surface area (Å²) >= 11 is 3.95. The molecule has 5 nitrogen and oxygen atoms in total. The van der Waals surface area contributed by atoms with E-state index in [4.69, 9.17) is 0 Å². The standard InChI is InChI=1S/C13H15IN4OS/c1-3-9-13(19)17(2)4-5-18(9)11-8-6-10(14)20-12(8)16-7-15-11/h6-7,9H,3-5H2,1-2H3. The molecule has 1 aliphatic rings. The van der Waals surface area contributed by atoms with E-state index in [0.29, 0.717) is 0 Å². The zero-order valence-electron chi connectivity index (χ0n) is 11.3. The van der Waals surface area contributed by atoms with Crippen LogP contribution in [0.4, 0.5) is 5.82 Å². The molecule has 0 saturated carbocycles. The monoisotopic (exact) mass is 402 g/mol. The predicted molar refractivity (Wildman–Crippen MR) is 89.2 cm³/mol. The Balaban J connectivity index is 2.07. The van der Waals surface area contributed by atoms with E-state index >= 15 is 0 Å². The summed E-state index contributed by atoms with van der Waals surface area (Å²) in [6.45, 7) is 3.60. The fraction of sp³-hybridized carbons (Fsp3) is 0.462. The maximum Gasteiger partial charge on any atom is 0.245 e. The van der Waals surface area contributed by atoms with E-state index in [9.17, 15) is 4.79 Å². The maximum atomic E-state index is 12.3. The summed E-state index contributed by atoms with van der Waals surface area (Å²) < 4.78 is 1.19. The summed E-state index contributed by atoms with van der Waals surface area (Å²) in [5.41, 5.74) is 0. The molecule has 0 aromatic carbocycles. The third kappa shape index (κ3) is 2.26. The van der Waals surface area contributed by atoms with Crippen molar-refractivity contribution in [3.05, 3.63) is 15.3 Å². The number of halogens is 1. The van der Waals surface area contributed by atoms with Crippen molar-refractivity contribution in [3.63, 3.8) is 0 Å². The molecule has 0 bridgehead atoms. The fourth-order valence-electron chi connectivity index (χ4n) is 2.60. The van der Waals surface area contributed by atoms with Gasteiger partial charge in [-0.05, 0) is 35.1 Å². The number of carbonyl (C=O) groups excluding carboxylic acids is 1. The van der Waals surface area contributed by atoms with Gasteiger partial charge in [0.05, 0.1) is 8.27 Å². The molecule has 1 atom stereocenters. The Morgan fingerprint density at radius 2 is 2.25 bits per heavy atom. The molecule has 1 fully saturated rings. The van der Waals surface area contributed by atoms with Gasteiger partial charge < -0.3 is 9.80 Å². The van der Waals surface area contributed by atoms with Crippen LogP contribution in [0.5, 0.6) is 0 Å². The SMILES string of the molecule is CCC1C(=O)N(C)CCN1c1ncnc2sc(I)cc12. The van der Waals surface area contributed by atoms with Crippen LogP contribution in [0.2, 0.25) is 0 Å². The van der Waals surface area contributed by atoms with Gasteiger partial charge in [0.15, 0.2) is 0 Å². The van der Waals surface area contributed by atoms with Gasteiger partial charge >= 0.3 is 0 Å². The zero-order chi connectivity index (χ0) is 14.3. The highest BCUT2D eigenvalue weighted by Crippen LogP contribution is 2.33. The van der Waals surface area contributed by atoms with Gasteiger partial charge in [-0.15, -0.1) is 11.3 Å². The number of rotatable bonds is 2. The molecule has 106 valence electrons. The van der Waals surface area contributed by atoms with Crippen LogP contribution in [0.1, 0.15) is 13.3 Å². The number of anilines is 1. The van der Waals surface area contributed by atoms with Crippen molar-refractivity contribution in [3.8, 4) is 0 Å². The third-order valence-corrected chi connectivity index (χ3v) is 5.45. The van der Waals surface area contributed by atoms with Gasteiger partial charge in [0, 0.05) is 20.1 Å². The normalized spacial score (nSPS) is 19.9. The van der Waals surface area contributed by atoms with E-state index in [1.807, 2.05) is 14.0 Å². The maximum absolute atomic E-state index is 12.3. The lowest BCUT2D eigenvalue weighted by Gasteiger charge is -2.39. The minimum atomic E-state index is -0.121. The van der Waals surface area contributed by atoms with E-state index < -0.39 is 0 Å². The molecule has 20 heavy (non-hydrogen) atoms. The molecule has 0 N–H and O–H groups in total. The van der Waals surface area contributed by atoms with Crippen LogP contribution < -0.4 is 4.90 Å². The van der Waals surface area contributed by atoms with Gasteiger partial charge in [-0.1, -0.05) is 6.92 Å². The smallest absolute Gasteiger partial charge is 0.245 e. The van der Waals surface area contributed by atoms with Crippen LogP contribution in [0.15, 0.2) is 12.4 Å². The summed E-state index contributed by atoms with van der Waals surface area (Å²) in [5.74, 6) is 1.07. The Kier molecular flexibility index (Phi) is 3.80. The number of hydrogen-bond donors (Lipinski definition) is 0. The lowest BCUT2D eigenvalue weighted by molar-refractivity contribution is -0.132. The second-order valence-electron chi connectivity index (χ2n) is 4.84. The predicted octanol–water partition coefficient (Wildman–Crippen LogP) is 2.35. The first-order valence-corrected chi connectivity index (χ1v) is 8.43. The van der Waals surface area contributed by atoms with Gasteiger partial charge in [-0.3, -0.25) is 4.79 Å². The average Bonchev–Trinajstić information content (AvgIpc) is 2.81. The molecule has 3 rings (SSSR count). The molecule has 2 aromatic rings. The number of nitrogens with zero attached hydrogens (tertiary/aromatic N) is 4. The molecular weight excluding hydrogens is 387 g/mol. The summed E-state index contributed by atoms with van der Waals surface area (Å²) in [5, 5.41) is 1.05. The summed E-state index contributed by atoms with van der Waals surface area (Å²) in [6, 6.07) is 1.98. The minimum Gasteiger partial charge on any atom is -0.342 e. The van der Waals surface area contributed by atoms with E-state index in [2.05, 4.69) is 43.5 Å². The van der Waals surface area contributed by atoms with Crippen molar-refractivity contribution in [2.75, 3.05) is 25.0 Å². The first kappa shape index (κ1) is 14.0. The molecule has 3 heterocycles. The van der Waals surface area contributed by atoms with Gasteiger partial charge in [0.1, 0.15) is 23.0 Å². The summed E-state index contributed by atoms with van der Waals surface area (Å²) in [7, 11) is 1.87. The van der Waals surface area contributed by atoms with Gasteiger partial charge in [-0.25, -0.2) is 9.97 Å². The molecule has 1 unspecified atom stereocenters. The van der Waals surface area contributed by atoms with Crippen molar-refractivity contribution >= 4 is 55.9 Å². The lowest BCUT2D eigenvalue weighted by Crippen LogP contribution is -2.56. The number of likely N-dealkylation sites (N-methyl/N-ethyl adjacent to an activating group) is 1. The van der Waals surface area contributed by atoms with Crippen LogP contribution >= 0.6 is 33.9 Å². The van der Waals surface area contributed by atoms with E-state index in [-0.39, 0.29) is 11.9 Å². The van der Waals surface area contributed by atoms with Crippen LogP contribution in [-0.4, -0.2) is 47.0 Å². The molecule has 0 aliphatic carbocycles. The summed E-state index contributed by atoms with van der Waals surface area (Å²) in [6.07, 6.45) is 2.38. The largest absolute Gasteiger partial charge is 0.342 e. The van der Waals surface area contributed by atoms with Crippen LogP contribution in [0.25, 0.3) is 10.2 Å². The average molecular weight is 402 g/mol. The van der Waals surface area contributed by atoms with Crippen molar-refractivity contribution in [2.45, 2.75) is 19.4 Å². The van der Waals surface area contributed by atoms with E-state index in [0.717, 1.165) is 35.5 Å². The van der Waals surface area contributed by atoms with Gasteiger partial charge in [-0.2, -0.15) is 0 Å². The first-order valence-electron chi connectivity index (χ1n) is 6.53. The second-order valence-corrected chi connectivity index (χ2v) is 7.77. The molecule has 1 saturated heterocycles. The van der Waals surface area contributed by atoms with Crippen molar-refractivity contribution in [1.82, 2.24) is 14.9 Å². The Bertz CT molecular complexity index is 659. The number of carbonyl (C=O) groups is 1. The minimum absolute atomic E-state index is 0.121. The quantitative estimate of drug-likeness (QED) is 0.724. The van der Waals surface area contributed by atoms with E-state index in [1.165, 1.54) is 2.88 Å². The second kappa shape index (κ2) is 5.44. The number of hydrogen-bond acceptors (Lipinski definition) is 5. The van der Waals surface area contributed by atoms with Crippen molar-refractivity contribution in [2.24, 2.45) is 0 Å². The molecule has 0 radical (unpaired) electrons. The Hall–Kier alpha value is -0.960. The number of aromatic nitrogens is 2. The highest BCUT2D eigenvalue weighted by Gasteiger charge is 2.33. The van der Waals surface area contributed by atoms with Crippen molar-refractivity contribution < 1.29 is 4.79 Å². The highest BCUT2D eigenvalue weighted by atomic mass is 127. The highest BCUT2D eigenvalue weighted by molar-refractivity contribution is 14.1. The third-order valence-electron chi connectivity index (χ3n) is 3.65. The molecule has 1 amide bonds. The lowest BCUT2D eigenvalue weighted by atomic mass is 10.1. The Morgan fingerprint density at radius 3 is 3.00 bits per heavy atom. The van der Waals surface area contributed by atoms with Gasteiger partial charge in [0.25, 0.3) is 0 Å². The summed E-state index contributed by atoms with van der Waals surface area (Å²) in [4.78, 5) is 26.0. The van der Waals surface area contributed by atoms with Crippen LogP contribution in [0.3, 0.4) is 0 Å². The molecule has 0 spiro atoms. The molecule has 2 aromatic heterocycles. The molecule has 7 heteroatoms. The number of thiophene rings is 1. The van der Waals surface area contributed by atoms with E-state index in [1.54, 1.807) is 22.6 Å². The van der Waals surface area contributed by atoms with Crippen LogP contribution in [0, 0.1) is 2.88 Å². The molecule has 1 aliphatic heterocycles. The van der Waals surface area contributed by atoms with Crippen molar-refractivity contribution in [1.29, 1.82) is 0 Å². The Labute approximate surface area is 135 Å².